The summed E-state index contributed by atoms with van der Waals surface area (Å²) < 4.78 is 18.8. The molecule has 0 aliphatic rings. The average Bonchev–Trinajstić information content (AvgIpc) is 2.43. The molecule has 0 radical (unpaired) electrons. The lowest BCUT2D eigenvalue weighted by molar-refractivity contribution is 0.0523. The molecule has 104 valence electrons. The Balaban J connectivity index is 2.53. The number of carbonyl (C=O) groups is 1. The fourth-order valence-corrected chi connectivity index (χ4v) is 1.73. The van der Waals surface area contributed by atoms with E-state index in [1.807, 2.05) is 0 Å². The van der Waals surface area contributed by atoms with E-state index in [1.54, 1.807) is 6.92 Å². The standard InChI is InChI=1S/C14H13FN2O3/c1-3-20-14(19)11-8-12(16-17(2)13(11)18)9-4-6-10(15)7-5-9/h4-8H,3H2,1-2H3. The van der Waals surface area contributed by atoms with Gasteiger partial charge in [0.25, 0.3) is 5.56 Å². The molecule has 0 saturated heterocycles. The number of ether oxygens (including phenoxy) is 1. The van der Waals surface area contributed by atoms with Crippen molar-refractivity contribution in [3.05, 3.63) is 52.1 Å². The lowest BCUT2D eigenvalue weighted by Gasteiger charge is -2.07. The quantitative estimate of drug-likeness (QED) is 0.801. The largest absolute Gasteiger partial charge is 0.462 e. The van der Waals surface area contributed by atoms with Gasteiger partial charge >= 0.3 is 5.97 Å². The third-order valence-electron chi connectivity index (χ3n) is 2.70. The zero-order valence-electron chi connectivity index (χ0n) is 11.1. The van der Waals surface area contributed by atoms with Crippen molar-refractivity contribution in [3.63, 3.8) is 0 Å². The summed E-state index contributed by atoms with van der Waals surface area (Å²) in [6, 6.07) is 6.97. The number of benzene rings is 1. The van der Waals surface area contributed by atoms with Gasteiger partial charge in [-0.3, -0.25) is 4.79 Å². The molecule has 20 heavy (non-hydrogen) atoms. The highest BCUT2D eigenvalue weighted by Gasteiger charge is 2.16. The van der Waals surface area contributed by atoms with Crippen LogP contribution < -0.4 is 5.56 Å². The molecule has 2 aromatic rings. The first kappa shape index (κ1) is 13.9. The van der Waals surface area contributed by atoms with E-state index in [9.17, 15) is 14.0 Å². The van der Waals surface area contributed by atoms with Crippen LogP contribution in [-0.4, -0.2) is 22.4 Å². The topological polar surface area (TPSA) is 61.2 Å². The van der Waals surface area contributed by atoms with Crippen LogP contribution in [0.25, 0.3) is 11.3 Å². The van der Waals surface area contributed by atoms with Gasteiger partial charge in [-0.25, -0.2) is 13.9 Å². The number of halogens is 1. The molecule has 1 aromatic carbocycles. The van der Waals surface area contributed by atoms with Crippen LogP contribution in [0.2, 0.25) is 0 Å². The molecule has 0 aliphatic carbocycles. The van der Waals surface area contributed by atoms with E-state index in [4.69, 9.17) is 4.74 Å². The summed E-state index contributed by atoms with van der Waals surface area (Å²) in [4.78, 5) is 23.6. The van der Waals surface area contributed by atoms with Gasteiger partial charge in [0.05, 0.1) is 12.3 Å². The van der Waals surface area contributed by atoms with Crippen LogP contribution in [-0.2, 0) is 11.8 Å². The third-order valence-corrected chi connectivity index (χ3v) is 2.70. The second kappa shape index (κ2) is 5.64. The average molecular weight is 276 g/mol. The molecule has 0 amide bonds. The molecule has 2 rings (SSSR count). The predicted molar refractivity (Wildman–Crippen MR) is 70.8 cm³/mol. The van der Waals surface area contributed by atoms with Crippen LogP contribution in [0.3, 0.4) is 0 Å². The summed E-state index contributed by atoms with van der Waals surface area (Å²) in [5, 5.41) is 4.05. The monoisotopic (exact) mass is 276 g/mol. The molecule has 0 bridgehead atoms. The molecular formula is C14H13FN2O3. The summed E-state index contributed by atoms with van der Waals surface area (Å²) in [6.07, 6.45) is 0. The van der Waals surface area contributed by atoms with Crippen LogP contribution in [0.15, 0.2) is 35.1 Å². The van der Waals surface area contributed by atoms with Crippen LogP contribution in [0.5, 0.6) is 0 Å². The van der Waals surface area contributed by atoms with E-state index < -0.39 is 11.5 Å². The van der Waals surface area contributed by atoms with Crippen LogP contribution >= 0.6 is 0 Å². The van der Waals surface area contributed by atoms with Crippen molar-refractivity contribution in [2.75, 3.05) is 6.61 Å². The fraction of sp³-hybridized carbons (Fsp3) is 0.214. The Hall–Kier alpha value is -2.50. The highest BCUT2D eigenvalue weighted by Crippen LogP contribution is 2.17. The second-order valence-electron chi connectivity index (χ2n) is 4.10. The number of carbonyl (C=O) groups excluding carboxylic acids is 1. The summed E-state index contributed by atoms with van der Waals surface area (Å²) in [5.74, 6) is -1.07. The minimum Gasteiger partial charge on any atom is -0.462 e. The Morgan fingerprint density at radius 2 is 2.00 bits per heavy atom. The summed E-state index contributed by atoms with van der Waals surface area (Å²) >= 11 is 0. The minimum atomic E-state index is -0.695. The van der Waals surface area contributed by atoms with Crippen molar-refractivity contribution in [1.29, 1.82) is 0 Å². The number of esters is 1. The van der Waals surface area contributed by atoms with Gasteiger partial charge in [-0.05, 0) is 37.3 Å². The second-order valence-corrected chi connectivity index (χ2v) is 4.10. The molecule has 5 nitrogen and oxygen atoms in total. The number of hydrogen-bond donors (Lipinski definition) is 0. The van der Waals surface area contributed by atoms with Crippen molar-refractivity contribution in [2.45, 2.75) is 6.92 Å². The van der Waals surface area contributed by atoms with Crippen LogP contribution in [0.1, 0.15) is 17.3 Å². The summed E-state index contributed by atoms with van der Waals surface area (Å²) in [6.45, 7) is 1.83. The molecule has 1 aromatic heterocycles. The van der Waals surface area contributed by atoms with Crippen LogP contribution in [0, 0.1) is 5.82 Å². The molecule has 0 spiro atoms. The van der Waals surface area contributed by atoms with Crippen LogP contribution in [0.4, 0.5) is 4.39 Å². The van der Waals surface area contributed by atoms with Crippen molar-refractivity contribution in [1.82, 2.24) is 9.78 Å². The van der Waals surface area contributed by atoms with E-state index in [0.717, 1.165) is 4.68 Å². The van der Waals surface area contributed by atoms with Gasteiger partial charge < -0.3 is 4.74 Å². The first-order valence-corrected chi connectivity index (χ1v) is 6.04. The molecule has 1 heterocycles. The fourth-order valence-electron chi connectivity index (χ4n) is 1.73. The van der Waals surface area contributed by atoms with Gasteiger partial charge in [-0.2, -0.15) is 5.10 Å². The summed E-state index contributed by atoms with van der Waals surface area (Å²) in [7, 11) is 1.44. The van der Waals surface area contributed by atoms with Crippen molar-refractivity contribution >= 4 is 5.97 Å². The Labute approximate surface area is 114 Å². The molecule has 0 N–H and O–H groups in total. The minimum absolute atomic E-state index is 0.0938. The van der Waals surface area contributed by atoms with Gasteiger partial charge in [0.15, 0.2) is 0 Å². The normalized spacial score (nSPS) is 10.3. The number of aromatic nitrogens is 2. The molecule has 0 fully saturated rings. The van der Waals surface area contributed by atoms with Crippen molar-refractivity contribution < 1.29 is 13.9 Å². The molecular weight excluding hydrogens is 263 g/mol. The van der Waals surface area contributed by atoms with E-state index in [0.29, 0.717) is 11.3 Å². The molecule has 6 heteroatoms. The Kier molecular flexibility index (Phi) is 3.93. The summed E-state index contributed by atoms with van der Waals surface area (Å²) in [5.41, 5.74) is 0.376. The first-order chi connectivity index (χ1) is 9.52. The number of nitrogens with zero attached hydrogens (tertiary/aromatic N) is 2. The first-order valence-electron chi connectivity index (χ1n) is 6.04. The van der Waals surface area contributed by atoms with Gasteiger partial charge in [0.1, 0.15) is 11.4 Å². The van der Waals surface area contributed by atoms with Gasteiger partial charge in [0, 0.05) is 12.6 Å². The predicted octanol–water partition coefficient (Wildman–Crippen LogP) is 1.76. The maximum atomic E-state index is 12.9. The highest BCUT2D eigenvalue weighted by molar-refractivity contribution is 5.90. The SMILES string of the molecule is CCOC(=O)c1cc(-c2ccc(F)cc2)nn(C)c1=O. The lowest BCUT2D eigenvalue weighted by atomic mass is 10.1. The number of aryl methyl sites for hydroxylation is 1. The van der Waals surface area contributed by atoms with E-state index in [1.165, 1.54) is 37.4 Å². The van der Waals surface area contributed by atoms with Gasteiger partial charge in [0.2, 0.25) is 0 Å². The smallest absolute Gasteiger partial charge is 0.343 e. The molecule has 0 unspecified atom stereocenters. The molecule has 0 aliphatic heterocycles. The number of hydrogen-bond acceptors (Lipinski definition) is 4. The zero-order chi connectivity index (χ0) is 14.7. The van der Waals surface area contributed by atoms with Gasteiger partial charge in [-0.15, -0.1) is 0 Å². The van der Waals surface area contributed by atoms with Crippen molar-refractivity contribution in [3.8, 4) is 11.3 Å². The molecule has 0 atom stereocenters. The van der Waals surface area contributed by atoms with Crippen molar-refractivity contribution in [2.24, 2.45) is 7.05 Å². The zero-order valence-corrected chi connectivity index (χ0v) is 11.1. The van der Waals surface area contributed by atoms with E-state index >= 15 is 0 Å². The Morgan fingerprint density at radius 3 is 2.60 bits per heavy atom. The van der Waals surface area contributed by atoms with E-state index in [-0.39, 0.29) is 18.0 Å². The Bertz CT molecular complexity index is 693. The number of rotatable bonds is 3. The Morgan fingerprint density at radius 1 is 1.35 bits per heavy atom. The van der Waals surface area contributed by atoms with Gasteiger partial charge in [-0.1, -0.05) is 0 Å². The third kappa shape index (κ3) is 2.74. The highest BCUT2D eigenvalue weighted by atomic mass is 19.1. The lowest BCUT2D eigenvalue weighted by Crippen LogP contribution is -2.27. The van der Waals surface area contributed by atoms with E-state index in [2.05, 4.69) is 5.10 Å². The maximum Gasteiger partial charge on any atom is 0.343 e. The maximum absolute atomic E-state index is 12.9. The molecule has 0 saturated carbocycles.